The highest BCUT2D eigenvalue weighted by Crippen LogP contribution is 2.67. The third kappa shape index (κ3) is 2.31. The molecule has 4 fully saturated rings. The summed E-state index contributed by atoms with van der Waals surface area (Å²) in [6, 6.07) is 0. The van der Waals surface area contributed by atoms with Gasteiger partial charge in [0.25, 0.3) is 0 Å². The maximum absolute atomic E-state index is 11.8. The van der Waals surface area contributed by atoms with Crippen LogP contribution < -0.4 is 0 Å². The molecule has 0 aromatic carbocycles. The number of hydrogen-bond acceptors (Lipinski definition) is 4. The lowest BCUT2D eigenvalue weighted by atomic mass is 9.46. The van der Waals surface area contributed by atoms with Gasteiger partial charge in [-0.1, -0.05) is 13.8 Å². The quantitative estimate of drug-likeness (QED) is 0.669. The van der Waals surface area contributed by atoms with Crippen LogP contribution in [0.15, 0.2) is 0 Å². The smallest absolute Gasteiger partial charge is 0.306 e. The van der Waals surface area contributed by atoms with Crippen LogP contribution >= 0.6 is 0 Å². The van der Waals surface area contributed by atoms with Gasteiger partial charge in [-0.3, -0.25) is 9.59 Å². The van der Waals surface area contributed by atoms with Gasteiger partial charge in [-0.05, 0) is 69.1 Å². The second kappa shape index (κ2) is 5.47. The van der Waals surface area contributed by atoms with Gasteiger partial charge in [-0.2, -0.15) is 0 Å². The van der Waals surface area contributed by atoms with E-state index in [9.17, 15) is 9.59 Å². The van der Waals surface area contributed by atoms with Gasteiger partial charge in [-0.25, -0.2) is 0 Å². The number of ether oxygens (including phenoxy) is 2. The van der Waals surface area contributed by atoms with Crippen molar-refractivity contribution in [1.29, 1.82) is 0 Å². The molecule has 4 heteroatoms. The summed E-state index contributed by atoms with van der Waals surface area (Å²) in [6.07, 6.45) is 7.37. The second-order valence-electron chi connectivity index (χ2n) is 9.84. The Balaban J connectivity index is 1.62. The van der Waals surface area contributed by atoms with Gasteiger partial charge in [0.2, 0.25) is 0 Å². The summed E-state index contributed by atoms with van der Waals surface area (Å²) < 4.78 is 11.4. The first kappa shape index (κ1) is 17.4. The van der Waals surface area contributed by atoms with Crippen molar-refractivity contribution in [3.05, 3.63) is 0 Å². The predicted octanol–water partition coefficient (Wildman–Crippen LogP) is 4.11. The lowest BCUT2D eigenvalue weighted by Crippen LogP contribution is -2.58. The minimum absolute atomic E-state index is 0.00938. The maximum Gasteiger partial charge on any atom is 0.306 e. The Morgan fingerprint density at radius 2 is 1.80 bits per heavy atom. The van der Waals surface area contributed by atoms with E-state index < -0.39 is 0 Å². The SMILES string of the molecule is CC(=O)O[C@]1(C)CC[C@H]2[C@@H]3CC[C@@H]4CC(=O)OC[C@]4(C)[C@H]3CC[C@@]21C. The van der Waals surface area contributed by atoms with Crippen molar-refractivity contribution in [2.75, 3.05) is 6.61 Å². The van der Waals surface area contributed by atoms with Gasteiger partial charge in [-0.15, -0.1) is 0 Å². The largest absolute Gasteiger partial charge is 0.465 e. The van der Waals surface area contributed by atoms with Crippen LogP contribution in [0, 0.1) is 34.5 Å². The van der Waals surface area contributed by atoms with Crippen molar-refractivity contribution in [2.45, 2.75) is 78.2 Å². The molecule has 4 nitrogen and oxygen atoms in total. The third-order valence-corrected chi connectivity index (χ3v) is 8.92. The van der Waals surface area contributed by atoms with E-state index in [2.05, 4.69) is 20.8 Å². The van der Waals surface area contributed by atoms with Gasteiger partial charge in [0.1, 0.15) is 5.60 Å². The Labute approximate surface area is 151 Å². The molecule has 1 saturated heterocycles. The lowest BCUT2D eigenvalue weighted by molar-refractivity contribution is -0.194. The van der Waals surface area contributed by atoms with E-state index in [1.54, 1.807) is 0 Å². The molecule has 4 rings (SSSR count). The molecule has 0 bridgehead atoms. The van der Waals surface area contributed by atoms with Crippen molar-refractivity contribution >= 4 is 11.9 Å². The molecule has 25 heavy (non-hydrogen) atoms. The molecule has 4 aliphatic rings. The van der Waals surface area contributed by atoms with E-state index in [1.165, 1.54) is 19.8 Å². The molecule has 3 saturated carbocycles. The summed E-state index contributed by atoms with van der Waals surface area (Å²) in [5.41, 5.74) is -0.113. The summed E-state index contributed by atoms with van der Waals surface area (Å²) in [7, 11) is 0. The summed E-state index contributed by atoms with van der Waals surface area (Å²) in [6.45, 7) is 9.02. The number of rotatable bonds is 1. The summed E-state index contributed by atoms with van der Waals surface area (Å²) in [5, 5.41) is 0. The highest BCUT2D eigenvalue weighted by molar-refractivity contribution is 5.70. The van der Waals surface area contributed by atoms with Crippen LogP contribution in [-0.4, -0.2) is 24.1 Å². The topological polar surface area (TPSA) is 52.6 Å². The standard InChI is InChI=1S/C21H32O4/c1-13(22)25-21(4)10-8-17-15-6-5-14-11-18(23)24-12-19(14,2)16(15)7-9-20(17,21)3/h14-17H,5-12H2,1-4H3/t14-,15-,16+,17+,19+,20+,21-/m1/s1. The average Bonchev–Trinajstić information content (AvgIpc) is 2.79. The molecule has 0 spiro atoms. The van der Waals surface area contributed by atoms with Crippen molar-refractivity contribution in [3.63, 3.8) is 0 Å². The van der Waals surface area contributed by atoms with Crippen molar-refractivity contribution in [1.82, 2.24) is 0 Å². The summed E-state index contributed by atoms with van der Waals surface area (Å²) in [5.74, 6) is 2.25. The first-order valence-electron chi connectivity index (χ1n) is 10.0. The van der Waals surface area contributed by atoms with E-state index in [0.29, 0.717) is 36.7 Å². The fraction of sp³-hybridized carbons (Fsp3) is 0.905. The number of esters is 2. The minimum Gasteiger partial charge on any atom is -0.465 e. The Hall–Kier alpha value is -1.06. The van der Waals surface area contributed by atoms with Crippen molar-refractivity contribution in [3.8, 4) is 0 Å². The van der Waals surface area contributed by atoms with Gasteiger partial charge in [0.15, 0.2) is 0 Å². The van der Waals surface area contributed by atoms with Gasteiger partial charge in [0.05, 0.1) is 6.61 Å². The normalized spacial score (nSPS) is 51.8. The minimum atomic E-state index is -0.328. The van der Waals surface area contributed by atoms with Crippen molar-refractivity contribution in [2.24, 2.45) is 34.5 Å². The van der Waals surface area contributed by atoms with Crippen LogP contribution in [0.5, 0.6) is 0 Å². The molecule has 0 amide bonds. The molecule has 1 heterocycles. The van der Waals surface area contributed by atoms with Gasteiger partial charge in [0, 0.05) is 24.2 Å². The summed E-state index contributed by atoms with van der Waals surface area (Å²) >= 11 is 0. The molecule has 0 aromatic rings. The first-order valence-corrected chi connectivity index (χ1v) is 10.0. The Morgan fingerprint density at radius 1 is 1.08 bits per heavy atom. The van der Waals surface area contributed by atoms with Crippen LogP contribution in [0.1, 0.15) is 72.6 Å². The molecular formula is C21H32O4. The van der Waals surface area contributed by atoms with Crippen LogP contribution in [0.4, 0.5) is 0 Å². The van der Waals surface area contributed by atoms with E-state index in [-0.39, 0.29) is 28.4 Å². The molecule has 3 aliphatic carbocycles. The van der Waals surface area contributed by atoms with E-state index >= 15 is 0 Å². The lowest BCUT2D eigenvalue weighted by Gasteiger charge is -2.60. The molecule has 140 valence electrons. The van der Waals surface area contributed by atoms with Crippen LogP contribution in [0.25, 0.3) is 0 Å². The molecular weight excluding hydrogens is 316 g/mol. The predicted molar refractivity (Wildman–Crippen MR) is 93.6 cm³/mol. The fourth-order valence-electron chi connectivity index (χ4n) is 7.30. The molecule has 1 aliphatic heterocycles. The van der Waals surface area contributed by atoms with Crippen LogP contribution in [0.2, 0.25) is 0 Å². The third-order valence-electron chi connectivity index (χ3n) is 8.92. The fourth-order valence-corrected chi connectivity index (χ4v) is 7.30. The Bertz CT molecular complexity index is 601. The zero-order chi connectivity index (χ0) is 18.0. The highest BCUT2D eigenvalue weighted by Gasteiger charge is 2.65. The number of cyclic esters (lactones) is 1. The number of fused-ring (bicyclic) bond motifs is 5. The number of hydrogen-bond donors (Lipinski definition) is 0. The molecule has 0 N–H and O–H groups in total. The second-order valence-corrected chi connectivity index (χ2v) is 9.84. The monoisotopic (exact) mass is 348 g/mol. The van der Waals surface area contributed by atoms with E-state index in [1.807, 2.05) is 0 Å². The molecule has 7 atom stereocenters. The zero-order valence-corrected chi connectivity index (χ0v) is 16.1. The average molecular weight is 348 g/mol. The van der Waals surface area contributed by atoms with Crippen LogP contribution in [0.3, 0.4) is 0 Å². The number of carbonyl (C=O) groups is 2. The van der Waals surface area contributed by atoms with Crippen molar-refractivity contribution < 1.29 is 19.1 Å². The molecule has 0 aromatic heterocycles. The van der Waals surface area contributed by atoms with Gasteiger partial charge >= 0.3 is 11.9 Å². The van der Waals surface area contributed by atoms with E-state index in [0.717, 1.165) is 25.7 Å². The van der Waals surface area contributed by atoms with Gasteiger partial charge < -0.3 is 9.47 Å². The van der Waals surface area contributed by atoms with E-state index in [4.69, 9.17) is 9.47 Å². The molecule has 0 radical (unpaired) electrons. The Kier molecular flexibility index (Phi) is 3.80. The van der Waals surface area contributed by atoms with Crippen LogP contribution in [-0.2, 0) is 19.1 Å². The zero-order valence-electron chi connectivity index (χ0n) is 16.1. The highest BCUT2D eigenvalue weighted by atomic mass is 16.6. The molecule has 0 unspecified atom stereocenters. The Morgan fingerprint density at radius 3 is 2.52 bits per heavy atom. The summed E-state index contributed by atoms with van der Waals surface area (Å²) in [4.78, 5) is 23.5. The maximum atomic E-state index is 11.8. The number of carbonyl (C=O) groups excluding carboxylic acids is 2. The first-order chi connectivity index (χ1) is 11.7.